The third kappa shape index (κ3) is 1.20. The number of nitrogens with zero attached hydrogens (tertiary/aromatic N) is 2. The summed E-state index contributed by atoms with van der Waals surface area (Å²) in [4.78, 5) is 28.8. The molecule has 0 fully saturated rings. The Morgan fingerprint density at radius 3 is 2.79 bits per heavy atom. The van der Waals surface area contributed by atoms with Gasteiger partial charge in [-0.25, -0.2) is 0 Å². The van der Waals surface area contributed by atoms with Gasteiger partial charge in [-0.05, 0) is 29.7 Å². The molecule has 3 aromatic rings. The summed E-state index contributed by atoms with van der Waals surface area (Å²) in [7, 11) is 0. The lowest BCUT2D eigenvalue weighted by Crippen LogP contribution is -2.19. The van der Waals surface area contributed by atoms with Crippen molar-refractivity contribution in [2.75, 3.05) is 0 Å². The highest BCUT2D eigenvalue weighted by Gasteiger charge is 2.27. The van der Waals surface area contributed by atoms with E-state index in [0.29, 0.717) is 22.3 Å². The molecule has 0 spiro atoms. The molecular weight excluding hydrogens is 240 g/mol. The Kier molecular flexibility index (Phi) is 1.82. The molecule has 0 unspecified atom stereocenters. The summed E-state index contributed by atoms with van der Waals surface area (Å²) >= 11 is 0. The van der Waals surface area contributed by atoms with E-state index in [-0.39, 0.29) is 11.3 Å². The number of carbonyl (C=O) groups excluding carboxylic acids is 1. The van der Waals surface area contributed by atoms with E-state index in [1.54, 1.807) is 36.5 Å². The van der Waals surface area contributed by atoms with Crippen LogP contribution in [0.25, 0.3) is 16.5 Å². The molecule has 4 rings (SSSR count). The maximum absolute atomic E-state index is 12.5. The molecule has 0 N–H and O–H groups in total. The maximum Gasteiger partial charge on any atom is 0.265 e. The fraction of sp³-hybridized carbons (Fsp3) is 0. The predicted molar refractivity (Wildman–Crippen MR) is 70.8 cm³/mol. The van der Waals surface area contributed by atoms with Gasteiger partial charge in [-0.15, -0.1) is 0 Å². The van der Waals surface area contributed by atoms with Crippen molar-refractivity contribution >= 4 is 16.6 Å². The van der Waals surface area contributed by atoms with Crippen LogP contribution >= 0.6 is 0 Å². The first kappa shape index (κ1) is 10.2. The summed E-state index contributed by atoms with van der Waals surface area (Å²) in [5.74, 6) is -0.105. The molecule has 0 radical (unpaired) electrons. The van der Waals surface area contributed by atoms with Gasteiger partial charge in [-0.1, -0.05) is 12.1 Å². The number of para-hydroxylation sites is 1. The molecule has 1 aliphatic heterocycles. The van der Waals surface area contributed by atoms with Crippen LogP contribution < -0.4 is 5.56 Å². The maximum atomic E-state index is 12.5. The molecule has 0 bridgehead atoms. The van der Waals surface area contributed by atoms with Crippen molar-refractivity contribution in [3.05, 3.63) is 70.4 Å². The van der Waals surface area contributed by atoms with Crippen LogP contribution in [-0.4, -0.2) is 15.3 Å². The monoisotopic (exact) mass is 248 g/mol. The van der Waals surface area contributed by atoms with Crippen LogP contribution in [-0.2, 0) is 0 Å². The smallest absolute Gasteiger partial charge is 0.265 e. The SMILES string of the molecule is O=C1c2ccccc2-n2c1cc1ccncc1c2=O. The van der Waals surface area contributed by atoms with Gasteiger partial charge in [0.25, 0.3) is 5.56 Å². The van der Waals surface area contributed by atoms with Gasteiger partial charge in [0, 0.05) is 18.0 Å². The van der Waals surface area contributed by atoms with Crippen molar-refractivity contribution in [3.8, 4) is 5.69 Å². The molecule has 0 aliphatic carbocycles. The van der Waals surface area contributed by atoms with Crippen LogP contribution in [0.2, 0.25) is 0 Å². The molecule has 0 amide bonds. The average Bonchev–Trinajstić information content (AvgIpc) is 2.74. The third-order valence-corrected chi connectivity index (χ3v) is 3.44. The summed E-state index contributed by atoms with van der Waals surface area (Å²) in [5.41, 5.74) is 1.45. The first-order chi connectivity index (χ1) is 9.27. The van der Waals surface area contributed by atoms with Crippen LogP contribution in [0.4, 0.5) is 0 Å². The van der Waals surface area contributed by atoms with Gasteiger partial charge in [0.05, 0.1) is 16.8 Å². The van der Waals surface area contributed by atoms with Gasteiger partial charge in [-0.3, -0.25) is 19.1 Å². The van der Waals surface area contributed by atoms with E-state index in [0.717, 1.165) is 5.39 Å². The number of fused-ring (bicyclic) bond motifs is 4. The fourth-order valence-electron chi connectivity index (χ4n) is 2.56. The minimum absolute atomic E-state index is 0.105. The van der Waals surface area contributed by atoms with Gasteiger partial charge in [0.15, 0.2) is 0 Å². The Morgan fingerprint density at radius 1 is 1.05 bits per heavy atom. The van der Waals surface area contributed by atoms with Gasteiger partial charge in [0.1, 0.15) is 0 Å². The molecule has 19 heavy (non-hydrogen) atoms. The van der Waals surface area contributed by atoms with Crippen molar-refractivity contribution in [2.24, 2.45) is 0 Å². The first-order valence-corrected chi connectivity index (χ1v) is 5.91. The second-order valence-corrected chi connectivity index (χ2v) is 4.48. The molecule has 2 aromatic heterocycles. The van der Waals surface area contributed by atoms with Crippen molar-refractivity contribution in [3.63, 3.8) is 0 Å². The quantitative estimate of drug-likeness (QED) is 0.478. The predicted octanol–water partition coefficient (Wildman–Crippen LogP) is 1.93. The van der Waals surface area contributed by atoms with Crippen molar-refractivity contribution in [2.45, 2.75) is 0 Å². The summed E-state index contributed by atoms with van der Waals surface area (Å²) in [6.45, 7) is 0. The Bertz CT molecular complexity index is 909. The van der Waals surface area contributed by atoms with E-state index in [1.165, 1.54) is 10.8 Å². The van der Waals surface area contributed by atoms with Crippen LogP contribution in [0.1, 0.15) is 16.1 Å². The summed E-state index contributed by atoms with van der Waals surface area (Å²) < 4.78 is 1.47. The molecule has 0 saturated carbocycles. The standard InChI is InChI=1S/C15H8N2O2/c18-14-10-3-1-2-4-12(10)17-13(14)7-9-5-6-16-8-11(9)15(17)19/h1-8H. The Labute approximate surface area is 108 Å². The van der Waals surface area contributed by atoms with Crippen molar-refractivity contribution in [1.82, 2.24) is 9.55 Å². The Balaban J connectivity index is 2.24. The van der Waals surface area contributed by atoms with E-state index >= 15 is 0 Å². The summed E-state index contributed by atoms with van der Waals surface area (Å²) in [5, 5.41) is 1.27. The zero-order chi connectivity index (χ0) is 13.0. The van der Waals surface area contributed by atoms with Gasteiger partial charge >= 0.3 is 0 Å². The number of hydrogen-bond acceptors (Lipinski definition) is 3. The summed E-state index contributed by atoms with van der Waals surface area (Å²) in [6.07, 6.45) is 3.15. The number of carbonyl (C=O) groups is 1. The highest BCUT2D eigenvalue weighted by molar-refractivity contribution is 6.15. The first-order valence-electron chi connectivity index (χ1n) is 5.91. The second-order valence-electron chi connectivity index (χ2n) is 4.48. The lowest BCUT2D eigenvalue weighted by molar-refractivity contribution is 0.103. The lowest BCUT2D eigenvalue weighted by atomic mass is 10.1. The Morgan fingerprint density at radius 2 is 1.89 bits per heavy atom. The number of aromatic nitrogens is 2. The van der Waals surface area contributed by atoms with Crippen LogP contribution in [0.3, 0.4) is 0 Å². The normalized spacial score (nSPS) is 12.5. The van der Waals surface area contributed by atoms with E-state index in [9.17, 15) is 9.59 Å². The molecule has 0 atom stereocenters. The topological polar surface area (TPSA) is 52.0 Å². The molecule has 90 valence electrons. The van der Waals surface area contributed by atoms with Crippen molar-refractivity contribution < 1.29 is 4.79 Å². The highest BCUT2D eigenvalue weighted by atomic mass is 16.1. The molecule has 1 aliphatic rings. The minimum atomic E-state index is -0.195. The molecule has 4 nitrogen and oxygen atoms in total. The zero-order valence-corrected chi connectivity index (χ0v) is 9.83. The number of ketones is 1. The fourth-order valence-corrected chi connectivity index (χ4v) is 2.56. The Hall–Kier alpha value is -2.75. The van der Waals surface area contributed by atoms with Crippen LogP contribution in [0, 0.1) is 0 Å². The van der Waals surface area contributed by atoms with E-state index < -0.39 is 0 Å². The third-order valence-electron chi connectivity index (χ3n) is 3.44. The van der Waals surface area contributed by atoms with E-state index in [4.69, 9.17) is 0 Å². The minimum Gasteiger partial charge on any atom is -0.287 e. The molecule has 4 heteroatoms. The lowest BCUT2D eigenvalue weighted by Gasteiger charge is -2.05. The van der Waals surface area contributed by atoms with Gasteiger partial charge in [0.2, 0.25) is 5.78 Å². The van der Waals surface area contributed by atoms with E-state index in [2.05, 4.69) is 4.98 Å². The highest BCUT2D eigenvalue weighted by Crippen LogP contribution is 2.27. The van der Waals surface area contributed by atoms with Crippen LogP contribution in [0.5, 0.6) is 0 Å². The number of benzene rings is 1. The van der Waals surface area contributed by atoms with Crippen LogP contribution in [0.15, 0.2) is 53.6 Å². The molecule has 1 aromatic carbocycles. The summed E-state index contributed by atoms with van der Waals surface area (Å²) in [6, 6.07) is 10.6. The van der Waals surface area contributed by atoms with E-state index in [1.807, 2.05) is 6.07 Å². The zero-order valence-electron chi connectivity index (χ0n) is 9.83. The molecule has 0 saturated heterocycles. The number of rotatable bonds is 0. The molecular formula is C15H8N2O2. The molecule has 3 heterocycles. The number of pyridine rings is 2. The average molecular weight is 248 g/mol. The largest absolute Gasteiger partial charge is 0.287 e. The number of hydrogen-bond donors (Lipinski definition) is 0. The second kappa shape index (κ2) is 3.38. The van der Waals surface area contributed by atoms with Crippen molar-refractivity contribution in [1.29, 1.82) is 0 Å². The van der Waals surface area contributed by atoms with Gasteiger partial charge < -0.3 is 0 Å². The van der Waals surface area contributed by atoms with Gasteiger partial charge in [-0.2, -0.15) is 0 Å².